The van der Waals surface area contributed by atoms with E-state index in [0.29, 0.717) is 25.2 Å². The minimum atomic E-state index is -4.56. The number of halogens is 3. The molecule has 2 aromatic rings. The summed E-state index contributed by atoms with van der Waals surface area (Å²) in [7, 11) is 0. The van der Waals surface area contributed by atoms with Crippen LogP contribution in [0.15, 0.2) is 30.3 Å². The second-order valence-corrected chi connectivity index (χ2v) is 9.79. The van der Waals surface area contributed by atoms with Gasteiger partial charge in [0.05, 0.1) is 36.0 Å². The van der Waals surface area contributed by atoms with Crippen LogP contribution in [0.2, 0.25) is 0 Å². The zero-order chi connectivity index (χ0) is 26.0. The van der Waals surface area contributed by atoms with Crippen LogP contribution in [0.4, 0.5) is 13.2 Å². The number of aryl methyl sites for hydroxylation is 2. The van der Waals surface area contributed by atoms with Gasteiger partial charge in [0.2, 0.25) is 5.91 Å². The Kier molecular flexibility index (Phi) is 7.70. The maximum absolute atomic E-state index is 12.9. The Hall–Kier alpha value is -2.92. The number of aliphatic hydroxyl groups excluding tert-OH is 1. The second-order valence-electron chi connectivity index (χ2n) is 9.79. The number of rotatable bonds is 6. The lowest BCUT2D eigenvalue weighted by Crippen LogP contribution is -2.47. The third-order valence-electron chi connectivity index (χ3n) is 7.10. The first kappa shape index (κ1) is 26.2. The van der Waals surface area contributed by atoms with Crippen molar-refractivity contribution in [3.05, 3.63) is 52.8 Å². The average Bonchev–Trinajstić information content (AvgIpc) is 3.37. The zero-order valence-corrected chi connectivity index (χ0v) is 20.4. The predicted molar refractivity (Wildman–Crippen MR) is 126 cm³/mol. The highest BCUT2D eigenvalue weighted by atomic mass is 19.4. The lowest BCUT2D eigenvalue weighted by atomic mass is 9.90. The third kappa shape index (κ3) is 6.07. The van der Waals surface area contributed by atoms with Crippen LogP contribution in [0.3, 0.4) is 0 Å². The van der Waals surface area contributed by atoms with Gasteiger partial charge in [-0.15, -0.1) is 0 Å². The molecule has 0 spiro atoms. The van der Waals surface area contributed by atoms with E-state index in [2.05, 4.69) is 38.3 Å². The number of β-amino-alcohol motifs (C(OH)–C–C–N with tert-alkyl or cyclic N) is 1. The number of alkyl halides is 3. The molecule has 1 aliphatic heterocycles. The molecule has 2 heterocycles. The molecule has 4 rings (SSSR count). The van der Waals surface area contributed by atoms with Crippen LogP contribution in [0.1, 0.15) is 59.0 Å². The molecule has 11 heteroatoms. The number of aromatic nitrogens is 2. The van der Waals surface area contributed by atoms with Gasteiger partial charge >= 0.3 is 6.18 Å². The van der Waals surface area contributed by atoms with Crippen LogP contribution in [-0.2, 0) is 11.0 Å². The van der Waals surface area contributed by atoms with Crippen molar-refractivity contribution in [3.63, 3.8) is 0 Å². The molecule has 2 aliphatic rings. The molecule has 1 aromatic carbocycles. The summed E-state index contributed by atoms with van der Waals surface area (Å²) in [5, 5.41) is 20.2. The van der Waals surface area contributed by atoms with E-state index in [9.17, 15) is 27.9 Å². The van der Waals surface area contributed by atoms with Gasteiger partial charge < -0.3 is 15.7 Å². The van der Waals surface area contributed by atoms with Crippen molar-refractivity contribution in [2.45, 2.75) is 69.9 Å². The van der Waals surface area contributed by atoms with Crippen molar-refractivity contribution in [2.75, 3.05) is 19.6 Å². The molecule has 2 amide bonds. The van der Waals surface area contributed by atoms with Gasteiger partial charge in [0.15, 0.2) is 0 Å². The summed E-state index contributed by atoms with van der Waals surface area (Å²) in [6.07, 6.45) is -1.35. The molecular formula is C25H32F3N5O3. The van der Waals surface area contributed by atoms with Crippen LogP contribution in [0.5, 0.6) is 0 Å². The van der Waals surface area contributed by atoms with Crippen LogP contribution in [-0.4, -0.2) is 69.4 Å². The van der Waals surface area contributed by atoms with Crippen molar-refractivity contribution in [2.24, 2.45) is 0 Å². The Morgan fingerprint density at radius 3 is 2.42 bits per heavy atom. The van der Waals surface area contributed by atoms with Crippen molar-refractivity contribution >= 4 is 11.8 Å². The van der Waals surface area contributed by atoms with Crippen molar-refractivity contribution in [1.29, 1.82) is 0 Å². The Bertz CT molecular complexity index is 1090. The SMILES string of the molecule is Cc1cc(C)n(C2CCC(N3C[C@H](NC(=O)CNC(=O)c4cccc(C(F)(F)F)c4)[C@@H](O)C3)CC2)n1. The fraction of sp³-hybridized carbons (Fsp3) is 0.560. The van der Waals surface area contributed by atoms with Crippen LogP contribution in [0, 0.1) is 13.8 Å². The van der Waals surface area contributed by atoms with E-state index in [1.54, 1.807) is 0 Å². The molecule has 2 fully saturated rings. The second kappa shape index (κ2) is 10.6. The summed E-state index contributed by atoms with van der Waals surface area (Å²) in [4.78, 5) is 26.8. The minimum Gasteiger partial charge on any atom is -0.390 e. The summed E-state index contributed by atoms with van der Waals surface area (Å²) in [5.74, 6) is -1.28. The van der Waals surface area contributed by atoms with Crippen LogP contribution >= 0.6 is 0 Å². The summed E-state index contributed by atoms with van der Waals surface area (Å²) >= 11 is 0. The van der Waals surface area contributed by atoms with Gasteiger partial charge in [-0.25, -0.2) is 0 Å². The zero-order valence-electron chi connectivity index (χ0n) is 20.4. The third-order valence-corrected chi connectivity index (χ3v) is 7.10. The lowest BCUT2D eigenvalue weighted by molar-refractivity contribution is -0.137. The molecule has 1 saturated heterocycles. The van der Waals surface area contributed by atoms with Gasteiger partial charge in [0, 0.05) is 30.4 Å². The molecule has 1 aliphatic carbocycles. The molecule has 196 valence electrons. The fourth-order valence-electron chi connectivity index (χ4n) is 5.30. The number of carbonyl (C=O) groups is 2. The Morgan fingerprint density at radius 2 is 1.78 bits per heavy atom. The molecule has 0 radical (unpaired) electrons. The summed E-state index contributed by atoms with van der Waals surface area (Å²) in [6, 6.07) is 6.32. The smallest absolute Gasteiger partial charge is 0.390 e. The maximum Gasteiger partial charge on any atom is 0.416 e. The largest absolute Gasteiger partial charge is 0.416 e. The number of benzene rings is 1. The molecule has 36 heavy (non-hydrogen) atoms. The summed E-state index contributed by atoms with van der Waals surface area (Å²) in [5.41, 5.74) is 1.07. The number of amides is 2. The summed E-state index contributed by atoms with van der Waals surface area (Å²) in [6.45, 7) is 4.62. The highest BCUT2D eigenvalue weighted by Gasteiger charge is 2.37. The maximum atomic E-state index is 12.9. The number of hydrogen-bond acceptors (Lipinski definition) is 5. The Morgan fingerprint density at radius 1 is 1.08 bits per heavy atom. The molecular weight excluding hydrogens is 475 g/mol. The number of aliphatic hydroxyl groups is 1. The lowest BCUT2D eigenvalue weighted by Gasteiger charge is -2.35. The first-order chi connectivity index (χ1) is 17.0. The predicted octanol–water partition coefficient (Wildman–Crippen LogP) is 2.59. The molecule has 2 atom stereocenters. The topological polar surface area (TPSA) is 99.5 Å². The number of likely N-dealkylation sites (tertiary alicyclic amines) is 1. The van der Waals surface area contributed by atoms with Crippen molar-refractivity contribution < 1.29 is 27.9 Å². The van der Waals surface area contributed by atoms with E-state index in [1.165, 1.54) is 6.07 Å². The van der Waals surface area contributed by atoms with Gasteiger partial charge in [-0.1, -0.05) is 6.07 Å². The van der Waals surface area contributed by atoms with Crippen molar-refractivity contribution in [3.8, 4) is 0 Å². The van der Waals surface area contributed by atoms with Gasteiger partial charge in [-0.05, 0) is 63.8 Å². The molecule has 1 aromatic heterocycles. The highest BCUT2D eigenvalue weighted by Crippen LogP contribution is 2.33. The van der Waals surface area contributed by atoms with E-state index >= 15 is 0 Å². The Balaban J connectivity index is 1.23. The molecule has 3 N–H and O–H groups in total. The number of nitrogens with zero attached hydrogens (tertiary/aromatic N) is 3. The van der Waals surface area contributed by atoms with Crippen LogP contribution < -0.4 is 10.6 Å². The monoisotopic (exact) mass is 507 g/mol. The van der Waals surface area contributed by atoms with E-state index in [0.717, 1.165) is 55.3 Å². The van der Waals surface area contributed by atoms with Gasteiger partial charge in [0.25, 0.3) is 5.91 Å². The molecule has 8 nitrogen and oxygen atoms in total. The molecule has 1 saturated carbocycles. The first-order valence-electron chi connectivity index (χ1n) is 12.2. The normalized spacial score (nSPS) is 25.1. The number of nitrogens with one attached hydrogen (secondary N) is 2. The quantitative estimate of drug-likeness (QED) is 0.558. The number of hydrogen-bond donors (Lipinski definition) is 3. The van der Waals surface area contributed by atoms with Gasteiger partial charge in [-0.2, -0.15) is 18.3 Å². The van der Waals surface area contributed by atoms with Crippen molar-refractivity contribution in [1.82, 2.24) is 25.3 Å². The first-order valence-corrected chi connectivity index (χ1v) is 12.2. The average molecular weight is 508 g/mol. The highest BCUT2D eigenvalue weighted by molar-refractivity contribution is 5.96. The van der Waals surface area contributed by atoms with Crippen LogP contribution in [0.25, 0.3) is 0 Å². The van der Waals surface area contributed by atoms with Gasteiger partial charge in [0.1, 0.15) is 0 Å². The van der Waals surface area contributed by atoms with E-state index in [1.807, 2.05) is 6.92 Å². The molecule has 0 unspecified atom stereocenters. The standard InChI is InChI=1S/C25H32F3N5O3/c1-15-10-16(2)33(31-15)20-8-6-19(7-9-20)32-13-21(22(34)14-32)30-23(35)12-29-24(36)17-4-3-5-18(11-17)25(26,27)28/h3-5,10-11,19-22,34H,6-9,12-14H2,1-2H3,(H,29,36)(H,30,35)/t19?,20?,21-,22-/m0/s1. The molecule has 0 bridgehead atoms. The Labute approximate surface area is 207 Å². The fourth-order valence-corrected chi connectivity index (χ4v) is 5.30. The van der Waals surface area contributed by atoms with Gasteiger partial charge in [-0.3, -0.25) is 19.2 Å². The number of carbonyl (C=O) groups excluding carboxylic acids is 2. The summed E-state index contributed by atoms with van der Waals surface area (Å²) < 4.78 is 40.7. The minimum absolute atomic E-state index is 0.180. The van der Waals surface area contributed by atoms with E-state index in [4.69, 9.17) is 0 Å². The van der Waals surface area contributed by atoms with E-state index < -0.39 is 42.2 Å². The van der Waals surface area contributed by atoms with E-state index in [-0.39, 0.29) is 5.56 Å².